The van der Waals surface area contributed by atoms with E-state index in [1.807, 2.05) is 12.1 Å². The number of carbonyl (C=O) groups is 2. The molecule has 1 aliphatic heterocycles. The standard InChI is InChI=1S/C20H18O3/c21-19-17-14-8-4-3-7-13(14)15-10-9-11-5-1-2-6-12(11)16(15)18(17)20(22)23-19/h1-2,5-6,9-10,13-14,17-18H,3-4,7-8H2/t13-,14-,17+,18+/m1/s1. The second-order valence-electron chi connectivity index (χ2n) is 7.09. The molecule has 1 saturated heterocycles. The van der Waals surface area contributed by atoms with Crippen LogP contribution in [0.3, 0.4) is 0 Å². The first-order valence-corrected chi connectivity index (χ1v) is 8.53. The number of rotatable bonds is 0. The van der Waals surface area contributed by atoms with Crippen LogP contribution in [-0.2, 0) is 14.3 Å². The number of esters is 2. The molecule has 5 rings (SSSR count). The first-order chi connectivity index (χ1) is 11.3. The Morgan fingerprint density at radius 3 is 2.65 bits per heavy atom. The Morgan fingerprint density at radius 2 is 1.74 bits per heavy atom. The summed E-state index contributed by atoms with van der Waals surface area (Å²) < 4.78 is 5.09. The molecule has 3 aliphatic rings. The molecule has 0 radical (unpaired) electrons. The van der Waals surface area contributed by atoms with Gasteiger partial charge in [0.05, 0.1) is 11.8 Å². The van der Waals surface area contributed by atoms with Crippen molar-refractivity contribution in [1.29, 1.82) is 0 Å². The number of hydrogen-bond donors (Lipinski definition) is 0. The Kier molecular flexibility index (Phi) is 2.70. The van der Waals surface area contributed by atoms with Crippen molar-refractivity contribution >= 4 is 22.7 Å². The fraction of sp³-hybridized carbons (Fsp3) is 0.400. The topological polar surface area (TPSA) is 43.4 Å². The van der Waals surface area contributed by atoms with Gasteiger partial charge < -0.3 is 4.74 Å². The molecule has 23 heavy (non-hydrogen) atoms. The molecule has 2 aromatic rings. The Balaban J connectivity index is 1.83. The molecule has 2 fully saturated rings. The van der Waals surface area contributed by atoms with Crippen molar-refractivity contribution in [3.05, 3.63) is 47.5 Å². The average molecular weight is 306 g/mol. The molecule has 1 saturated carbocycles. The maximum atomic E-state index is 12.5. The Morgan fingerprint density at radius 1 is 0.913 bits per heavy atom. The normalized spacial score (nSPS) is 32.2. The molecule has 0 unspecified atom stereocenters. The summed E-state index contributed by atoms with van der Waals surface area (Å²) in [6.45, 7) is 0. The average Bonchev–Trinajstić information content (AvgIpc) is 2.89. The number of carbonyl (C=O) groups excluding carboxylic acids is 2. The van der Waals surface area contributed by atoms with E-state index in [-0.39, 0.29) is 23.8 Å². The van der Waals surface area contributed by atoms with E-state index in [2.05, 4.69) is 24.3 Å². The molecular weight excluding hydrogens is 288 g/mol. The lowest BCUT2D eigenvalue weighted by atomic mass is 9.59. The van der Waals surface area contributed by atoms with Crippen LogP contribution in [0.15, 0.2) is 36.4 Å². The van der Waals surface area contributed by atoms with Gasteiger partial charge in [0.1, 0.15) is 0 Å². The van der Waals surface area contributed by atoms with Gasteiger partial charge in [-0.15, -0.1) is 0 Å². The molecule has 0 bridgehead atoms. The minimum atomic E-state index is -0.400. The molecule has 1 heterocycles. The second-order valence-corrected chi connectivity index (χ2v) is 7.09. The van der Waals surface area contributed by atoms with Crippen molar-refractivity contribution in [2.75, 3.05) is 0 Å². The summed E-state index contributed by atoms with van der Waals surface area (Å²) in [5.74, 6) is -0.657. The van der Waals surface area contributed by atoms with Crippen LogP contribution in [0.25, 0.3) is 10.8 Å². The summed E-state index contributed by atoms with van der Waals surface area (Å²) in [6, 6.07) is 12.5. The van der Waals surface area contributed by atoms with Crippen LogP contribution in [-0.4, -0.2) is 11.9 Å². The zero-order valence-electron chi connectivity index (χ0n) is 12.8. The minimum Gasteiger partial charge on any atom is -0.392 e. The molecule has 2 aromatic carbocycles. The third-order valence-electron chi connectivity index (χ3n) is 6.08. The van der Waals surface area contributed by atoms with E-state index in [1.165, 1.54) is 12.0 Å². The Labute approximate surface area is 134 Å². The number of cyclic esters (lactones) is 2. The quantitative estimate of drug-likeness (QED) is 0.547. The van der Waals surface area contributed by atoms with E-state index in [9.17, 15) is 9.59 Å². The molecule has 0 aromatic heterocycles. The molecule has 0 spiro atoms. The summed E-state index contributed by atoms with van der Waals surface area (Å²) in [5, 5.41) is 2.24. The van der Waals surface area contributed by atoms with E-state index in [1.54, 1.807) is 0 Å². The minimum absolute atomic E-state index is 0.265. The van der Waals surface area contributed by atoms with Crippen LogP contribution in [0.5, 0.6) is 0 Å². The van der Waals surface area contributed by atoms with Crippen molar-refractivity contribution < 1.29 is 14.3 Å². The van der Waals surface area contributed by atoms with Crippen LogP contribution in [0.4, 0.5) is 0 Å². The number of benzene rings is 2. The predicted molar refractivity (Wildman–Crippen MR) is 86.0 cm³/mol. The van der Waals surface area contributed by atoms with E-state index < -0.39 is 5.92 Å². The lowest BCUT2D eigenvalue weighted by molar-refractivity contribution is -0.153. The summed E-state index contributed by atoms with van der Waals surface area (Å²) in [5.41, 5.74) is 2.34. The first-order valence-electron chi connectivity index (χ1n) is 8.53. The fourth-order valence-corrected chi connectivity index (χ4v) is 5.19. The SMILES string of the molecule is O=C1OC(=O)[C@H]2c3c(ccc4ccccc34)[C@@H]3CCCC[C@H]3[C@H]12. The van der Waals surface area contributed by atoms with Crippen molar-refractivity contribution in [3.63, 3.8) is 0 Å². The maximum Gasteiger partial charge on any atom is 0.321 e. The molecule has 0 N–H and O–H groups in total. The lowest BCUT2D eigenvalue weighted by Crippen LogP contribution is -2.37. The number of hydrogen-bond acceptors (Lipinski definition) is 3. The van der Waals surface area contributed by atoms with Gasteiger partial charge in [-0.25, -0.2) is 0 Å². The highest BCUT2D eigenvalue weighted by molar-refractivity contribution is 6.04. The largest absolute Gasteiger partial charge is 0.392 e. The zero-order valence-corrected chi connectivity index (χ0v) is 12.8. The van der Waals surface area contributed by atoms with E-state index in [4.69, 9.17) is 4.74 Å². The van der Waals surface area contributed by atoms with Gasteiger partial charge in [0, 0.05) is 0 Å². The van der Waals surface area contributed by atoms with Crippen molar-refractivity contribution in [1.82, 2.24) is 0 Å². The summed E-state index contributed by atoms with van der Waals surface area (Å²) >= 11 is 0. The van der Waals surface area contributed by atoms with Crippen LogP contribution in [0, 0.1) is 11.8 Å². The smallest absolute Gasteiger partial charge is 0.321 e. The van der Waals surface area contributed by atoms with Crippen molar-refractivity contribution in [3.8, 4) is 0 Å². The van der Waals surface area contributed by atoms with Gasteiger partial charge in [-0.05, 0) is 46.6 Å². The monoisotopic (exact) mass is 306 g/mol. The van der Waals surface area contributed by atoms with E-state index in [0.29, 0.717) is 5.92 Å². The molecule has 4 atom stereocenters. The summed E-state index contributed by atoms with van der Waals surface area (Å²) in [6.07, 6.45) is 4.49. The van der Waals surface area contributed by atoms with Gasteiger partial charge in [0.15, 0.2) is 0 Å². The predicted octanol–water partition coefficient (Wildman–Crippen LogP) is 3.91. The molecule has 116 valence electrons. The van der Waals surface area contributed by atoms with Crippen molar-refractivity contribution in [2.24, 2.45) is 11.8 Å². The highest BCUT2D eigenvalue weighted by atomic mass is 16.6. The van der Waals surface area contributed by atoms with Gasteiger partial charge in [-0.2, -0.15) is 0 Å². The highest BCUT2D eigenvalue weighted by Crippen LogP contribution is 2.56. The molecule has 3 nitrogen and oxygen atoms in total. The van der Waals surface area contributed by atoms with Crippen LogP contribution in [0.1, 0.15) is 48.6 Å². The van der Waals surface area contributed by atoms with Crippen LogP contribution < -0.4 is 0 Å². The lowest BCUT2D eigenvalue weighted by Gasteiger charge is -2.42. The fourth-order valence-electron chi connectivity index (χ4n) is 5.19. The van der Waals surface area contributed by atoms with Crippen LogP contribution in [0.2, 0.25) is 0 Å². The second kappa shape index (κ2) is 4.67. The number of ether oxygens (including phenoxy) is 1. The molecular formula is C20H18O3. The summed E-state index contributed by atoms with van der Waals surface area (Å²) in [7, 11) is 0. The third-order valence-corrected chi connectivity index (χ3v) is 6.08. The van der Waals surface area contributed by atoms with Gasteiger partial charge in [-0.3, -0.25) is 9.59 Å². The van der Waals surface area contributed by atoms with Crippen LogP contribution >= 0.6 is 0 Å². The molecule has 0 amide bonds. The third kappa shape index (κ3) is 1.71. The highest BCUT2D eigenvalue weighted by Gasteiger charge is 2.55. The summed E-state index contributed by atoms with van der Waals surface area (Å²) in [4.78, 5) is 24.8. The van der Waals surface area contributed by atoms with Gasteiger partial charge >= 0.3 is 11.9 Å². The zero-order chi connectivity index (χ0) is 15.6. The molecule has 2 aliphatic carbocycles. The first kappa shape index (κ1) is 13.3. The van der Waals surface area contributed by atoms with Gasteiger partial charge in [0.25, 0.3) is 0 Å². The van der Waals surface area contributed by atoms with E-state index >= 15 is 0 Å². The van der Waals surface area contributed by atoms with Crippen molar-refractivity contribution in [2.45, 2.75) is 37.5 Å². The van der Waals surface area contributed by atoms with Gasteiger partial charge in [-0.1, -0.05) is 49.2 Å². The number of fused-ring (bicyclic) bond motifs is 8. The van der Waals surface area contributed by atoms with Gasteiger partial charge in [0.2, 0.25) is 0 Å². The Hall–Kier alpha value is -2.16. The molecule has 3 heteroatoms. The maximum absolute atomic E-state index is 12.5. The Bertz CT molecular complexity index is 838. The van der Waals surface area contributed by atoms with E-state index in [0.717, 1.165) is 35.6 Å².